The molecule has 0 bridgehead atoms. The second kappa shape index (κ2) is 5.94. The Labute approximate surface area is 122 Å². The molecule has 0 unspecified atom stereocenters. The third-order valence-electron chi connectivity index (χ3n) is 2.19. The van der Waals surface area contributed by atoms with E-state index in [-0.39, 0.29) is 0 Å². The van der Waals surface area contributed by atoms with Gasteiger partial charge in [-0.1, -0.05) is 11.8 Å². The maximum atomic E-state index is 5.13. The summed E-state index contributed by atoms with van der Waals surface area (Å²) in [5.41, 5.74) is 0. The Kier molecular flexibility index (Phi) is 4.54. The van der Waals surface area contributed by atoms with Crippen LogP contribution in [-0.4, -0.2) is 7.11 Å². The molecule has 0 aliphatic carbocycles. The van der Waals surface area contributed by atoms with Crippen LogP contribution in [0.2, 0.25) is 0 Å². The Morgan fingerprint density at radius 1 is 0.882 bits per heavy atom. The first-order valence-corrected chi connectivity index (χ1v) is 7.36. The summed E-state index contributed by atoms with van der Waals surface area (Å²) in [6.45, 7) is 0. The Bertz CT molecular complexity index is 511. The maximum absolute atomic E-state index is 5.13. The van der Waals surface area contributed by atoms with Crippen LogP contribution in [-0.2, 0) is 0 Å². The highest BCUT2D eigenvalue weighted by atomic mass is 79.9. The number of halogens is 2. The quantitative estimate of drug-likeness (QED) is 0.715. The number of hydrogen-bond donors (Lipinski definition) is 0. The molecule has 0 saturated carbocycles. The number of hydrogen-bond acceptors (Lipinski definition) is 2. The average molecular weight is 374 g/mol. The second-order valence-electron chi connectivity index (χ2n) is 3.35. The standard InChI is InChI=1S/C13H10Br2OS/c1-16-9-2-4-10(5-3-9)17-11-6-7-12(14)13(15)8-11/h2-8H,1H3. The van der Waals surface area contributed by atoms with Gasteiger partial charge in [0, 0.05) is 18.7 Å². The van der Waals surface area contributed by atoms with Gasteiger partial charge in [0.05, 0.1) is 7.11 Å². The molecule has 2 aromatic rings. The minimum Gasteiger partial charge on any atom is -0.497 e. The topological polar surface area (TPSA) is 9.23 Å². The van der Waals surface area contributed by atoms with E-state index in [1.54, 1.807) is 18.9 Å². The lowest BCUT2D eigenvalue weighted by molar-refractivity contribution is 0.414. The van der Waals surface area contributed by atoms with Crippen molar-refractivity contribution in [2.24, 2.45) is 0 Å². The predicted molar refractivity (Wildman–Crippen MR) is 79.0 cm³/mol. The fourth-order valence-electron chi connectivity index (χ4n) is 1.32. The van der Waals surface area contributed by atoms with Gasteiger partial charge in [0.15, 0.2) is 0 Å². The molecule has 0 N–H and O–H groups in total. The zero-order valence-electron chi connectivity index (χ0n) is 9.11. The molecular weight excluding hydrogens is 364 g/mol. The maximum Gasteiger partial charge on any atom is 0.118 e. The third-order valence-corrected chi connectivity index (χ3v) is 5.06. The first-order chi connectivity index (χ1) is 8.19. The normalized spacial score (nSPS) is 10.3. The van der Waals surface area contributed by atoms with Gasteiger partial charge in [0.2, 0.25) is 0 Å². The van der Waals surface area contributed by atoms with Gasteiger partial charge in [0.1, 0.15) is 5.75 Å². The van der Waals surface area contributed by atoms with E-state index in [4.69, 9.17) is 4.74 Å². The van der Waals surface area contributed by atoms with Crippen LogP contribution in [0.15, 0.2) is 61.2 Å². The molecule has 0 radical (unpaired) electrons. The van der Waals surface area contributed by atoms with Crippen molar-refractivity contribution in [3.8, 4) is 5.75 Å². The summed E-state index contributed by atoms with van der Waals surface area (Å²) in [6, 6.07) is 14.3. The molecule has 0 heterocycles. The van der Waals surface area contributed by atoms with E-state index in [0.29, 0.717) is 0 Å². The van der Waals surface area contributed by atoms with E-state index < -0.39 is 0 Å². The van der Waals surface area contributed by atoms with E-state index in [0.717, 1.165) is 14.7 Å². The zero-order chi connectivity index (χ0) is 12.3. The van der Waals surface area contributed by atoms with Crippen LogP contribution in [0.3, 0.4) is 0 Å². The van der Waals surface area contributed by atoms with Gasteiger partial charge in [-0.3, -0.25) is 0 Å². The molecule has 0 atom stereocenters. The van der Waals surface area contributed by atoms with E-state index >= 15 is 0 Å². The van der Waals surface area contributed by atoms with Crippen molar-refractivity contribution in [2.45, 2.75) is 9.79 Å². The minimum absolute atomic E-state index is 0.881. The fourth-order valence-corrected chi connectivity index (χ4v) is 2.95. The molecule has 0 aliphatic heterocycles. The molecule has 2 aromatic carbocycles. The first kappa shape index (κ1) is 13.0. The Morgan fingerprint density at radius 2 is 1.53 bits per heavy atom. The molecule has 4 heteroatoms. The number of methoxy groups -OCH3 is 1. The van der Waals surface area contributed by atoms with Crippen molar-refractivity contribution in [2.75, 3.05) is 7.11 Å². The Morgan fingerprint density at radius 3 is 2.12 bits per heavy atom. The molecule has 0 amide bonds. The van der Waals surface area contributed by atoms with E-state index in [1.165, 1.54) is 9.79 Å². The van der Waals surface area contributed by atoms with Crippen molar-refractivity contribution in [3.05, 3.63) is 51.4 Å². The molecule has 2 rings (SSSR count). The lowest BCUT2D eigenvalue weighted by Crippen LogP contribution is -1.81. The lowest BCUT2D eigenvalue weighted by atomic mass is 10.3. The van der Waals surface area contributed by atoms with Crippen molar-refractivity contribution in [1.29, 1.82) is 0 Å². The van der Waals surface area contributed by atoms with Crippen LogP contribution >= 0.6 is 43.6 Å². The number of rotatable bonds is 3. The highest BCUT2D eigenvalue weighted by molar-refractivity contribution is 9.13. The molecule has 0 saturated heterocycles. The van der Waals surface area contributed by atoms with E-state index in [1.807, 2.05) is 18.2 Å². The molecule has 17 heavy (non-hydrogen) atoms. The van der Waals surface area contributed by atoms with Crippen LogP contribution in [0, 0.1) is 0 Å². The SMILES string of the molecule is COc1ccc(Sc2ccc(Br)c(Br)c2)cc1. The molecule has 0 aliphatic rings. The van der Waals surface area contributed by atoms with Crippen LogP contribution < -0.4 is 4.74 Å². The predicted octanol–water partition coefficient (Wildman–Crippen LogP) is 5.37. The smallest absolute Gasteiger partial charge is 0.118 e. The Hall–Kier alpha value is -0.450. The van der Waals surface area contributed by atoms with Gasteiger partial charge >= 0.3 is 0 Å². The molecular formula is C13H10Br2OS. The molecule has 1 nitrogen and oxygen atoms in total. The van der Waals surface area contributed by atoms with Crippen molar-refractivity contribution >= 4 is 43.6 Å². The molecule has 0 aromatic heterocycles. The van der Waals surface area contributed by atoms with Crippen LogP contribution in [0.5, 0.6) is 5.75 Å². The highest BCUT2D eigenvalue weighted by Crippen LogP contribution is 2.33. The second-order valence-corrected chi connectivity index (χ2v) is 6.21. The average Bonchev–Trinajstić information content (AvgIpc) is 2.35. The summed E-state index contributed by atoms with van der Waals surface area (Å²) in [7, 11) is 1.67. The third kappa shape index (κ3) is 3.50. The van der Waals surface area contributed by atoms with Gasteiger partial charge < -0.3 is 4.74 Å². The molecule has 0 fully saturated rings. The van der Waals surface area contributed by atoms with Gasteiger partial charge in [-0.15, -0.1) is 0 Å². The van der Waals surface area contributed by atoms with Crippen molar-refractivity contribution in [1.82, 2.24) is 0 Å². The first-order valence-electron chi connectivity index (χ1n) is 4.96. The summed E-state index contributed by atoms with van der Waals surface area (Å²) in [4.78, 5) is 2.39. The summed E-state index contributed by atoms with van der Waals surface area (Å²) < 4.78 is 7.26. The zero-order valence-corrected chi connectivity index (χ0v) is 13.1. The largest absolute Gasteiger partial charge is 0.497 e. The molecule has 88 valence electrons. The summed E-state index contributed by atoms with van der Waals surface area (Å²) in [5.74, 6) is 0.881. The number of benzene rings is 2. The van der Waals surface area contributed by atoms with E-state index in [2.05, 4.69) is 56.1 Å². The van der Waals surface area contributed by atoms with Crippen LogP contribution in [0.1, 0.15) is 0 Å². The monoisotopic (exact) mass is 372 g/mol. The van der Waals surface area contributed by atoms with Crippen LogP contribution in [0.4, 0.5) is 0 Å². The van der Waals surface area contributed by atoms with Crippen molar-refractivity contribution in [3.63, 3.8) is 0 Å². The summed E-state index contributed by atoms with van der Waals surface area (Å²) >= 11 is 8.69. The van der Waals surface area contributed by atoms with Crippen LogP contribution in [0.25, 0.3) is 0 Å². The van der Waals surface area contributed by atoms with Gasteiger partial charge in [-0.2, -0.15) is 0 Å². The molecule has 0 spiro atoms. The van der Waals surface area contributed by atoms with Gasteiger partial charge in [0.25, 0.3) is 0 Å². The van der Waals surface area contributed by atoms with Gasteiger partial charge in [-0.05, 0) is 74.3 Å². The highest BCUT2D eigenvalue weighted by Gasteiger charge is 2.01. The minimum atomic E-state index is 0.881. The Balaban J connectivity index is 2.16. The van der Waals surface area contributed by atoms with Gasteiger partial charge in [-0.25, -0.2) is 0 Å². The lowest BCUT2D eigenvalue weighted by Gasteiger charge is -2.04. The number of ether oxygens (including phenoxy) is 1. The fraction of sp³-hybridized carbons (Fsp3) is 0.0769. The van der Waals surface area contributed by atoms with E-state index in [9.17, 15) is 0 Å². The van der Waals surface area contributed by atoms with Crippen molar-refractivity contribution < 1.29 is 4.74 Å². The summed E-state index contributed by atoms with van der Waals surface area (Å²) in [5, 5.41) is 0. The summed E-state index contributed by atoms with van der Waals surface area (Å²) in [6.07, 6.45) is 0.